The fraction of sp³-hybridized carbons (Fsp3) is 0.190. The van der Waals surface area contributed by atoms with Crippen molar-refractivity contribution < 1.29 is 9.90 Å². The monoisotopic (exact) mass is 413 g/mol. The molecule has 3 N–H and O–H groups in total. The number of hydrogen-bond acceptors (Lipinski definition) is 4. The second-order valence-electron chi connectivity index (χ2n) is 6.92. The van der Waals surface area contributed by atoms with Gasteiger partial charge in [-0.1, -0.05) is 35.9 Å². The zero-order valence-corrected chi connectivity index (χ0v) is 16.7. The van der Waals surface area contributed by atoms with E-state index in [1.807, 2.05) is 0 Å². The molecule has 0 saturated heterocycles. The first kappa shape index (κ1) is 20.6. The zero-order chi connectivity index (χ0) is 21.2. The first-order valence-corrected chi connectivity index (χ1v) is 9.25. The molecule has 7 nitrogen and oxygen atoms in total. The van der Waals surface area contributed by atoms with E-state index in [1.54, 1.807) is 56.3 Å². The van der Waals surface area contributed by atoms with E-state index in [2.05, 4.69) is 10.3 Å². The predicted molar refractivity (Wildman–Crippen MR) is 111 cm³/mol. The van der Waals surface area contributed by atoms with Crippen LogP contribution in [0.4, 0.5) is 0 Å². The summed E-state index contributed by atoms with van der Waals surface area (Å²) in [5.41, 5.74) is -0.494. The minimum atomic E-state index is -1.37. The summed E-state index contributed by atoms with van der Waals surface area (Å²) >= 11 is 6.15. The molecule has 1 amide bonds. The average Bonchev–Trinajstić information content (AvgIpc) is 2.67. The summed E-state index contributed by atoms with van der Waals surface area (Å²) in [4.78, 5) is 38.2. The molecule has 29 heavy (non-hydrogen) atoms. The number of nitrogens with one attached hydrogen (secondary N) is 2. The lowest BCUT2D eigenvalue weighted by atomic mass is 9.95. The number of H-pyrrole nitrogens is 1. The maximum Gasteiger partial charge on any atom is 0.332 e. The number of aromatic nitrogens is 2. The van der Waals surface area contributed by atoms with E-state index >= 15 is 0 Å². The highest BCUT2D eigenvalue weighted by molar-refractivity contribution is 6.31. The number of amides is 1. The smallest absolute Gasteiger partial charge is 0.332 e. The average molecular weight is 414 g/mol. The Morgan fingerprint density at radius 2 is 1.93 bits per heavy atom. The highest BCUT2D eigenvalue weighted by Gasteiger charge is 2.26. The van der Waals surface area contributed by atoms with Gasteiger partial charge in [0.25, 0.3) is 11.5 Å². The summed E-state index contributed by atoms with van der Waals surface area (Å²) in [5.74, 6) is -0.408. The number of aliphatic hydroxyl groups is 1. The van der Waals surface area contributed by atoms with Gasteiger partial charge in [-0.05, 0) is 37.6 Å². The molecular weight excluding hydrogens is 394 g/mol. The number of carbonyl (C=O) groups is 1. The third-order valence-corrected chi connectivity index (χ3v) is 4.94. The maximum absolute atomic E-state index is 12.8. The molecule has 3 rings (SSSR count). The highest BCUT2D eigenvalue weighted by atomic mass is 35.5. The van der Waals surface area contributed by atoms with Gasteiger partial charge in [0.15, 0.2) is 0 Å². The number of carbonyl (C=O) groups excluding carboxylic acids is 1. The van der Waals surface area contributed by atoms with Crippen LogP contribution in [0.3, 0.4) is 0 Å². The Kier molecular flexibility index (Phi) is 5.72. The first-order chi connectivity index (χ1) is 13.7. The third-order valence-electron chi connectivity index (χ3n) is 4.62. The van der Waals surface area contributed by atoms with Crippen LogP contribution in [-0.2, 0) is 5.60 Å². The van der Waals surface area contributed by atoms with Crippen molar-refractivity contribution in [1.82, 2.24) is 14.9 Å². The van der Waals surface area contributed by atoms with Gasteiger partial charge >= 0.3 is 5.69 Å². The Balaban J connectivity index is 1.85. The summed E-state index contributed by atoms with van der Waals surface area (Å²) in [5, 5.41) is 13.9. The van der Waals surface area contributed by atoms with Gasteiger partial charge < -0.3 is 10.4 Å². The van der Waals surface area contributed by atoms with Crippen molar-refractivity contribution in [3.8, 4) is 5.69 Å². The van der Waals surface area contributed by atoms with Crippen LogP contribution >= 0.6 is 11.6 Å². The predicted octanol–water partition coefficient (Wildman–Crippen LogP) is 2.13. The molecule has 0 aliphatic heterocycles. The maximum atomic E-state index is 12.8. The van der Waals surface area contributed by atoms with Crippen molar-refractivity contribution >= 4 is 17.5 Å². The molecule has 0 saturated carbocycles. The van der Waals surface area contributed by atoms with Gasteiger partial charge in [0.05, 0.1) is 12.2 Å². The normalized spacial score (nSPS) is 13.0. The van der Waals surface area contributed by atoms with Crippen molar-refractivity contribution in [3.05, 3.63) is 97.3 Å². The van der Waals surface area contributed by atoms with E-state index < -0.39 is 22.8 Å². The molecule has 1 atom stereocenters. The van der Waals surface area contributed by atoms with Crippen LogP contribution in [0, 0.1) is 6.92 Å². The molecule has 0 radical (unpaired) electrons. The second kappa shape index (κ2) is 8.06. The van der Waals surface area contributed by atoms with E-state index in [4.69, 9.17) is 11.6 Å². The van der Waals surface area contributed by atoms with Crippen LogP contribution in [0.15, 0.2) is 64.3 Å². The van der Waals surface area contributed by atoms with Crippen molar-refractivity contribution in [3.63, 3.8) is 0 Å². The number of nitrogens with zero attached hydrogens (tertiary/aromatic N) is 1. The quantitative estimate of drug-likeness (QED) is 0.596. The van der Waals surface area contributed by atoms with Gasteiger partial charge in [0.2, 0.25) is 0 Å². The van der Waals surface area contributed by atoms with Crippen molar-refractivity contribution in [2.75, 3.05) is 6.54 Å². The van der Waals surface area contributed by atoms with E-state index in [9.17, 15) is 19.5 Å². The molecule has 3 aromatic rings. The van der Waals surface area contributed by atoms with Crippen LogP contribution in [0.5, 0.6) is 0 Å². The summed E-state index contributed by atoms with van der Waals surface area (Å²) < 4.78 is 1.23. The molecule has 0 bridgehead atoms. The number of rotatable bonds is 5. The molecular formula is C21H20ClN3O4. The molecule has 0 spiro atoms. The van der Waals surface area contributed by atoms with Crippen LogP contribution in [-0.4, -0.2) is 27.1 Å². The Labute approximate surface area is 171 Å². The molecule has 1 aromatic heterocycles. The third kappa shape index (κ3) is 4.47. The summed E-state index contributed by atoms with van der Waals surface area (Å²) in [6.07, 6.45) is 1.34. The highest BCUT2D eigenvalue weighted by Crippen LogP contribution is 2.27. The fourth-order valence-corrected chi connectivity index (χ4v) is 3.31. The Morgan fingerprint density at radius 1 is 1.21 bits per heavy atom. The van der Waals surface area contributed by atoms with Crippen LogP contribution in [0.25, 0.3) is 5.69 Å². The number of aryl methyl sites for hydroxylation is 1. The topological polar surface area (TPSA) is 104 Å². The van der Waals surface area contributed by atoms with Crippen molar-refractivity contribution in [1.29, 1.82) is 0 Å². The number of hydrogen-bond donors (Lipinski definition) is 3. The van der Waals surface area contributed by atoms with E-state index in [-0.39, 0.29) is 6.54 Å². The van der Waals surface area contributed by atoms with Crippen molar-refractivity contribution in [2.45, 2.75) is 19.4 Å². The number of benzene rings is 2. The van der Waals surface area contributed by atoms with Crippen LogP contribution in [0.2, 0.25) is 5.02 Å². The Morgan fingerprint density at radius 3 is 2.62 bits per heavy atom. The van der Waals surface area contributed by atoms with E-state index in [0.29, 0.717) is 27.4 Å². The summed E-state index contributed by atoms with van der Waals surface area (Å²) in [6.45, 7) is 3.27. The van der Waals surface area contributed by atoms with Gasteiger partial charge in [-0.15, -0.1) is 0 Å². The van der Waals surface area contributed by atoms with E-state index in [1.165, 1.54) is 16.8 Å². The standard InChI is InChI=1S/C21H20ClN3O4/c1-13-7-8-14(25-10-9-18(26)24-20(25)28)11-15(13)19(27)23-12-21(2,29)16-5-3-4-6-17(16)22/h3-11,29H,12H2,1-2H3,(H,23,27)(H,24,26,28). The minimum absolute atomic E-state index is 0.0577. The molecule has 2 aromatic carbocycles. The first-order valence-electron chi connectivity index (χ1n) is 8.87. The molecule has 1 heterocycles. The second-order valence-corrected chi connectivity index (χ2v) is 7.32. The summed E-state index contributed by atoms with van der Waals surface area (Å²) in [7, 11) is 0. The number of aromatic amines is 1. The molecule has 1 unspecified atom stereocenters. The zero-order valence-electron chi connectivity index (χ0n) is 15.9. The number of halogens is 1. The lowest BCUT2D eigenvalue weighted by Gasteiger charge is -2.25. The molecule has 0 aliphatic carbocycles. The molecule has 0 fully saturated rings. The molecule has 8 heteroatoms. The lowest BCUT2D eigenvalue weighted by Crippen LogP contribution is -2.39. The fourth-order valence-electron chi connectivity index (χ4n) is 2.97. The van der Waals surface area contributed by atoms with Gasteiger partial charge in [-0.25, -0.2) is 4.79 Å². The van der Waals surface area contributed by atoms with Gasteiger partial charge in [0.1, 0.15) is 5.60 Å². The summed E-state index contributed by atoms with van der Waals surface area (Å²) in [6, 6.07) is 13.0. The van der Waals surface area contributed by atoms with Gasteiger partial charge in [0, 0.05) is 28.4 Å². The van der Waals surface area contributed by atoms with Gasteiger partial charge in [-0.3, -0.25) is 19.1 Å². The SMILES string of the molecule is Cc1ccc(-n2ccc(=O)[nH]c2=O)cc1C(=O)NCC(C)(O)c1ccccc1Cl. The molecule has 0 aliphatic rings. The van der Waals surface area contributed by atoms with E-state index in [0.717, 1.165) is 0 Å². The Hall–Kier alpha value is -3.16. The Bertz CT molecular complexity index is 1180. The lowest BCUT2D eigenvalue weighted by molar-refractivity contribution is 0.0527. The molecule has 150 valence electrons. The van der Waals surface area contributed by atoms with Crippen molar-refractivity contribution in [2.24, 2.45) is 0 Å². The van der Waals surface area contributed by atoms with Crippen LogP contribution in [0.1, 0.15) is 28.4 Å². The van der Waals surface area contributed by atoms with Crippen LogP contribution < -0.4 is 16.6 Å². The largest absolute Gasteiger partial charge is 0.384 e. The van der Waals surface area contributed by atoms with Gasteiger partial charge in [-0.2, -0.15) is 0 Å². The minimum Gasteiger partial charge on any atom is -0.384 e.